The zero-order valence-electron chi connectivity index (χ0n) is 15.0. The van der Waals surface area contributed by atoms with Crippen LogP contribution < -0.4 is 0 Å². The lowest BCUT2D eigenvalue weighted by Gasteiger charge is -2.35. The molecule has 1 fully saturated rings. The molecule has 0 aliphatic carbocycles. The first-order valence-electron chi connectivity index (χ1n) is 8.11. The Morgan fingerprint density at radius 1 is 1.26 bits per heavy atom. The molecule has 9 heteroatoms. The Balaban J connectivity index is 2.34. The van der Waals surface area contributed by atoms with Crippen LogP contribution in [-0.4, -0.2) is 35.2 Å². The van der Waals surface area contributed by atoms with E-state index in [1.54, 1.807) is 0 Å². The number of nitro groups is 1. The van der Waals surface area contributed by atoms with E-state index in [1.807, 2.05) is 0 Å². The highest BCUT2D eigenvalue weighted by atomic mass is 16.7. The second-order valence-electron chi connectivity index (χ2n) is 6.32. The van der Waals surface area contributed by atoms with Gasteiger partial charge in [-0.1, -0.05) is 24.3 Å². The number of hydrogen-bond acceptors (Lipinski definition) is 8. The van der Waals surface area contributed by atoms with Crippen molar-refractivity contribution in [3.05, 3.63) is 52.1 Å². The van der Waals surface area contributed by atoms with Crippen molar-refractivity contribution in [2.75, 3.05) is 6.61 Å². The molecule has 0 aromatic heterocycles. The van der Waals surface area contributed by atoms with Crippen molar-refractivity contribution in [2.45, 2.75) is 32.5 Å². The maximum atomic E-state index is 12.4. The van der Waals surface area contributed by atoms with Crippen LogP contribution in [0.2, 0.25) is 0 Å². The molecular weight excluding hydrogens is 358 g/mol. The maximum Gasteiger partial charge on any atom is 0.324 e. The van der Waals surface area contributed by atoms with Crippen molar-refractivity contribution < 1.29 is 33.5 Å². The molecule has 0 radical (unpaired) electrons. The number of nitro benzene ring substituents is 1. The molecule has 1 aliphatic rings. The van der Waals surface area contributed by atoms with Crippen LogP contribution in [0.1, 0.15) is 32.3 Å². The van der Waals surface area contributed by atoms with Crippen LogP contribution in [0.5, 0.6) is 0 Å². The van der Waals surface area contributed by atoms with Gasteiger partial charge in [-0.2, -0.15) is 0 Å². The highest BCUT2D eigenvalue weighted by Gasteiger charge is 2.46. The Bertz CT molecular complexity index is 761. The molecule has 1 unspecified atom stereocenters. The van der Waals surface area contributed by atoms with Gasteiger partial charge in [-0.25, -0.2) is 0 Å². The second-order valence-corrected chi connectivity index (χ2v) is 6.32. The van der Waals surface area contributed by atoms with Gasteiger partial charge < -0.3 is 14.2 Å². The molecule has 1 atom stereocenters. The van der Waals surface area contributed by atoms with E-state index < -0.39 is 40.5 Å². The minimum atomic E-state index is -1.37. The summed E-state index contributed by atoms with van der Waals surface area (Å²) in [5, 5.41) is 10.8. The third-order valence-electron chi connectivity index (χ3n) is 3.77. The Morgan fingerprint density at radius 2 is 1.81 bits per heavy atom. The van der Waals surface area contributed by atoms with Crippen LogP contribution >= 0.6 is 0 Å². The summed E-state index contributed by atoms with van der Waals surface area (Å²) in [6.07, 6.45) is 2.99. The van der Waals surface area contributed by atoms with Crippen molar-refractivity contribution in [1.82, 2.24) is 0 Å². The Morgan fingerprint density at radius 3 is 2.30 bits per heavy atom. The monoisotopic (exact) mass is 377 g/mol. The summed E-state index contributed by atoms with van der Waals surface area (Å²) in [7, 11) is 0. The van der Waals surface area contributed by atoms with Gasteiger partial charge in [0, 0.05) is 38.8 Å². The summed E-state index contributed by atoms with van der Waals surface area (Å²) in [4.78, 5) is 45.9. The zero-order chi connectivity index (χ0) is 20.2. The highest BCUT2D eigenvalue weighted by molar-refractivity contribution is 5.98. The predicted octanol–water partition coefficient (Wildman–Crippen LogP) is 2.25. The number of hydrogen-bond donors (Lipinski definition) is 0. The zero-order valence-corrected chi connectivity index (χ0v) is 15.0. The van der Waals surface area contributed by atoms with Gasteiger partial charge in [-0.15, -0.1) is 0 Å². The first-order chi connectivity index (χ1) is 12.6. The molecule has 27 heavy (non-hydrogen) atoms. The van der Waals surface area contributed by atoms with Gasteiger partial charge in [0.25, 0.3) is 11.5 Å². The lowest BCUT2D eigenvalue weighted by Crippen LogP contribution is -2.48. The fourth-order valence-electron chi connectivity index (χ4n) is 2.62. The van der Waals surface area contributed by atoms with E-state index in [0.717, 1.165) is 0 Å². The molecule has 0 N–H and O–H groups in total. The minimum absolute atomic E-state index is 0.0544. The minimum Gasteiger partial charge on any atom is -0.462 e. The molecular formula is C18H19NO8. The van der Waals surface area contributed by atoms with Crippen LogP contribution in [0.4, 0.5) is 5.69 Å². The van der Waals surface area contributed by atoms with Gasteiger partial charge in [0.05, 0.1) is 4.92 Å². The number of non-ortho nitro benzene ring substituents is 1. The number of allylic oxidation sites excluding steroid dienone is 1. The van der Waals surface area contributed by atoms with Crippen LogP contribution in [0, 0.1) is 16.0 Å². The van der Waals surface area contributed by atoms with Gasteiger partial charge in [-0.3, -0.25) is 24.5 Å². The Labute approximate surface area is 155 Å². The van der Waals surface area contributed by atoms with E-state index in [-0.39, 0.29) is 12.3 Å². The van der Waals surface area contributed by atoms with Crippen molar-refractivity contribution in [2.24, 2.45) is 5.92 Å². The van der Waals surface area contributed by atoms with E-state index in [0.29, 0.717) is 5.56 Å². The third kappa shape index (κ3) is 5.13. The van der Waals surface area contributed by atoms with E-state index in [4.69, 9.17) is 14.2 Å². The summed E-state index contributed by atoms with van der Waals surface area (Å²) >= 11 is 0. The topological polar surface area (TPSA) is 122 Å². The number of carbonyl (C=O) groups is 3. The number of benzene rings is 1. The van der Waals surface area contributed by atoms with E-state index in [1.165, 1.54) is 57.2 Å². The molecule has 144 valence electrons. The largest absolute Gasteiger partial charge is 0.462 e. The molecule has 2 rings (SSSR count). The first kappa shape index (κ1) is 20.1. The van der Waals surface area contributed by atoms with Crippen LogP contribution in [-0.2, 0) is 28.6 Å². The second kappa shape index (κ2) is 7.98. The van der Waals surface area contributed by atoms with E-state index in [9.17, 15) is 24.5 Å². The van der Waals surface area contributed by atoms with Gasteiger partial charge in [0.2, 0.25) is 0 Å². The average Bonchev–Trinajstić information content (AvgIpc) is 2.55. The number of carbonyl (C=O) groups excluding carboxylic acids is 3. The number of ether oxygens (including phenoxy) is 3. The lowest BCUT2D eigenvalue weighted by molar-refractivity contribution is -0.384. The van der Waals surface area contributed by atoms with Gasteiger partial charge >= 0.3 is 17.9 Å². The Kier molecular flexibility index (Phi) is 5.94. The third-order valence-corrected chi connectivity index (χ3v) is 3.77. The van der Waals surface area contributed by atoms with Gasteiger partial charge in [0.15, 0.2) is 5.92 Å². The van der Waals surface area contributed by atoms with E-state index in [2.05, 4.69) is 0 Å². The van der Waals surface area contributed by atoms with Crippen molar-refractivity contribution in [3.8, 4) is 0 Å². The van der Waals surface area contributed by atoms with Crippen LogP contribution in [0.25, 0.3) is 0 Å². The molecule has 0 spiro atoms. The number of esters is 3. The number of cyclic esters (lactones) is 2. The standard InChI is InChI=1S/C18H19NO8/c1-11(20)25-10-4-5-14(12-6-8-13(9-7-12)19(23)24)15-16(21)26-18(2,3)27-17(15)22/h4-9,14-15H,10H2,1-3H3/b5-4+. The average molecular weight is 377 g/mol. The molecule has 1 aromatic carbocycles. The lowest BCUT2D eigenvalue weighted by atomic mass is 9.84. The first-order valence-corrected chi connectivity index (χ1v) is 8.11. The fourth-order valence-corrected chi connectivity index (χ4v) is 2.62. The summed E-state index contributed by atoms with van der Waals surface area (Å²) in [5.41, 5.74) is 0.342. The summed E-state index contributed by atoms with van der Waals surface area (Å²) in [6.45, 7) is 4.08. The molecule has 1 saturated heterocycles. The normalized spacial score (nSPS) is 17.9. The van der Waals surface area contributed by atoms with Crippen molar-refractivity contribution >= 4 is 23.6 Å². The summed E-state index contributed by atoms with van der Waals surface area (Å²) < 4.78 is 15.1. The highest BCUT2D eigenvalue weighted by Crippen LogP contribution is 2.35. The van der Waals surface area contributed by atoms with Crippen LogP contribution in [0.3, 0.4) is 0 Å². The number of nitrogens with zero attached hydrogens (tertiary/aromatic N) is 1. The molecule has 0 amide bonds. The van der Waals surface area contributed by atoms with Crippen molar-refractivity contribution in [1.29, 1.82) is 0 Å². The molecule has 9 nitrogen and oxygen atoms in total. The molecule has 1 heterocycles. The molecule has 1 aliphatic heterocycles. The van der Waals surface area contributed by atoms with Crippen molar-refractivity contribution in [3.63, 3.8) is 0 Å². The van der Waals surface area contributed by atoms with Crippen LogP contribution in [0.15, 0.2) is 36.4 Å². The summed E-state index contributed by atoms with van der Waals surface area (Å²) in [6, 6.07) is 5.43. The molecule has 0 saturated carbocycles. The maximum absolute atomic E-state index is 12.4. The predicted molar refractivity (Wildman–Crippen MR) is 91.4 cm³/mol. The Hall–Kier alpha value is -3.23. The molecule has 1 aromatic rings. The van der Waals surface area contributed by atoms with Gasteiger partial charge in [0.1, 0.15) is 6.61 Å². The molecule has 0 bridgehead atoms. The summed E-state index contributed by atoms with van der Waals surface area (Å²) in [5.74, 6) is -5.48. The van der Waals surface area contributed by atoms with Gasteiger partial charge in [-0.05, 0) is 5.56 Å². The SMILES string of the molecule is CC(=O)OC/C=C/C(c1ccc([N+](=O)[O-])cc1)C1C(=O)OC(C)(C)OC1=O. The van der Waals surface area contributed by atoms with E-state index >= 15 is 0 Å². The number of rotatable bonds is 6. The quantitative estimate of drug-likeness (QED) is 0.243. The smallest absolute Gasteiger partial charge is 0.324 e. The fraction of sp³-hybridized carbons (Fsp3) is 0.389.